The highest BCUT2D eigenvalue weighted by Gasteiger charge is 2.60. The fourth-order valence-electron chi connectivity index (χ4n) is 4.47. The molecule has 33 heavy (non-hydrogen) atoms. The van der Waals surface area contributed by atoms with Crippen molar-refractivity contribution >= 4 is 11.6 Å². The molecule has 2 aromatic carbocycles. The van der Waals surface area contributed by atoms with Gasteiger partial charge in [-0.25, -0.2) is 0 Å². The van der Waals surface area contributed by atoms with Crippen molar-refractivity contribution in [2.24, 2.45) is 0 Å². The molecule has 0 saturated heterocycles. The summed E-state index contributed by atoms with van der Waals surface area (Å²) in [4.78, 5) is 14.7. The van der Waals surface area contributed by atoms with Crippen molar-refractivity contribution in [3.63, 3.8) is 0 Å². The first-order valence-corrected chi connectivity index (χ1v) is 10.5. The van der Waals surface area contributed by atoms with E-state index >= 15 is 0 Å². The molecule has 4 rings (SSSR count). The first kappa shape index (κ1) is 23.1. The molecule has 1 amide bonds. The molecule has 9 heteroatoms. The van der Waals surface area contributed by atoms with Crippen LogP contribution in [0.1, 0.15) is 53.4 Å². The monoisotopic (exact) mass is 466 g/mol. The highest BCUT2D eigenvalue weighted by atomic mass is 19.4. The predicted octanol–water partition coefficient (Wildman–Crippen LogP) is 5.75. The Labute approximate surface area is 188 Å². The second-order valence-electron chi connectivity index (χ2n) is 8.60. The SMILES string of the molecule is CCNC1=C(N2Cc3ccccc3C2=O)c2c(ccc(C(F)(F)C(F)(F)F)c2C)OC1(C)C. The second-order valence-corrected chi connectivity index (χ2v) is 8.60. The molecule has 176 valence electrons. The number of alkyl halides is 5. The number of benzene rings is 2. The highest BCUT2D eigenvalue weighted by molar-refractivity contribution is 6.04. The Morgan fingerprint density at radius 1 is 1.09 bits per heavy atom. The van der Waals surface area contributed by atoms with Gasteiger partial charge < -0.3 is 15.0 Å². The van der Waals surface area contributed by atoms with Gasteiger partial charge >= 0.3 is 12.1 Å². The average Bonchev–Trinajstić information content (AvgIpc) is 3.04. The van der Waals surface area contributed by atoms with Gasteiger partial charge in [0.05, 0.1) is 17.9 Å². The summed E-state index contributed by atoms with van der Waals surface area (Å²) < 4.78 is 74.5. The summed E-state index contributed by atoms with van der Waals surface area (Å²) in [5, 5.41) is 3.16. The summed E-state index contributed by atoms with van der Waals surface area (Å²) in [6.07, 6.45) is -5.77. The number of hydrogen-bond donors (Lipinski definition) is 1. The molecule has 2 aromatic rings. The molecule has 0 atom stereocenters. The van der Waals surface area contributed by atoms with Crippen molar-refractivity contribution in [1.29, 1.82) is 0 Å². The van der Waals surface area contributed by atoms with Gasteiger partial charge in [0.2, 0.25) is 0 Å². The molecule has 0 spiro atoms. The van der Waals surface area contributed by atoms with Crippen LogP contribution in [0.3, 0.4) is 0 Å². The van der Waals surface area contributed by atoms with Gasteiger partial charge in [-0.15, -0.1) is 0 Å². The molecular weight excluding hydrogens is 443 g/mol. The van der Waals surface area contributed by atoms with Gasteiger partial charge in [0.15, 0.2) is 0 Å². The number of nitrogens with one attached hydrogen (secondary N) is 1. The van der Waals surface area contributed by atoms with Gasteiger partial charge in [-0.1, -0.05) is 18.2 Å². The molecule has 0 fully saturated rings. The molecule has 2 heterocycles. The molecule has 0 aromatic heterocycles. The number of carbonyl (C=O) groups is 1. The Kier molecular flexibility index (Phi) is 5.22. The predicted molar refractivity (Wildman–Crippen MR) is 113 cm³/mol. The van der Waals surface area contributed by atoms with Gasteiger partial charge in [-0.2, -0.15) is 22.0 Å². The molecule has 0 radical (unpaired) electrons. The lowest BCUT2D eigenvalue weighted by atomic mass is 9.88. The van der Waals surface area contributed by atoms with E-state index in [9.17, 15) is 26.7 Å². The molecule has 0 aliphatic carbocycles. The van der Waals surface area contributed by atoms with E-state index in [1.54, 1.807) is 38.1 Å². The smallest absolute Gasteiger partial charge is 0.458 e. The maximum atomic E-state index is 14.4. The topological polar surface area (TPSA) is 41.6 Å². The van der Waals surface area contributed by atoms with Crippen molar-refractivity contribution in [2.75, 3.05) is 6.54 Å². The van der Waals surface area contributed by atoms with Crippen molar-refractivity contribution in [1.82, 2.24) is 10.2 Å². The van der Waals surface area contributed by atoms with Crippen molar-refractivity contribution in [3.8, 4) is 5.75 Å². The van der Waals surface area contributed by atoms with Crippen LogP contribution in [-0.4, -0.2) is 29.1 Å². The number of rotatable bonds is 4. The van der Waals surface area contributed by atoms with Crippen molar-refractivity contribution < 1.29 is 31.5 Å². The summed E-state index contributed by atoms with van der Waals surface area (Å²) in [7, 11) is 0. The lowest BCUT2D eigenvalue weighted by molar-refractivity contribution is -0.289. The van der Waals surface area contributed by atoms with E-state index < -0.39 is 23.3 Å². The minimum Gasteiger partial charge on any atom is -0.481 e. The third kappa shape index (κ3) is 3.45. The minimum atomic E-state index is -5.77. The molecule has 1 N–H and O–H groups in total. The van der Waals surface area contributed by atoms with E-state index in [4.69, 9.17) is 4.74 Å². The molecule has 0 bridgehead atoms. The standard InChI is InChI=1S/C24H23F5N2O2/c1-5-30-20-19(31-12-14-8-6-7-9-15(14)21(31)32)18-13(2)16(23(25,26)24(27,28)29)10-11-17(18)33-22(20,3)4/h6-11,30H,5,12H2,1-4H3. The van der Waals surface area contributed by atoms with Crippen molar-refractivity contribution in [3.05, 3.63) is 69.9 Å². The molecule has 0 saturated carbocycles. The van der Waals surface area contributed by atoms with Crippen LogP contribution in [0, 0.1) is 6.92 Å². The number of halogens is 5. The van der Waals surface area contributed by atoms with Gasteiger partial charge in [0, 0.05) is 23.2 Å². The third-order valence-corrected chi connectivity index (χ3v) is 6.01. The average molecular weight is 466 g/mol. The Hall–Kier alpha value is -3.10. The van der Waals surface area contributed by atoms with Crippen LogP contribution in [-0.2, 0) is 12.5 Å². The lowest BCUT2D eigenvalue weighted by Crippen LogP contribution is -2.44. The van der Waals surface area contributed by atoms with Crippen LogP contribution in [0.2, 0.25) is 0 Å². The number of hydrogen-bond acceptors (Lipinski definition) is 3. The van der Waals surface area contributed by atoms with Crippen LogP contribution < -0.4 is 10.1 Å². The molecule has 2 aliphatic heterocycles. The normalized spacial score (nSPS) is 17.6. The van der Waals surface area contributed by atoms with Crippen molar-refractivity contribution in [2.45, 2.75) is 51.9 Å². The zero-order valence-corrected chi connectivity index (χ0v) is 18.5. The first-order chi connectivity index (χ1) is 15.3. The Bertz CT molecular complexity index is 1170. The zero-order valence-electron chi connectivity index (χ0n) is 18.5. The maximum absolute atomic E-state index is 14.4. The van der Waals surface area contributed by atoms with E-state index in [2.05, 4.69) is 5.32 Å². The Morgan fingerprint density at radius 3 is 2.36 bits per heavy atom. The summed E-state index contributed by atoms with van der Waals surface area (Å²) in [6, 6.07) is 8.81. The van der Waals surface area contributed by atoms with Crippen LogP contribution in [0.15, 0.2) is 42.1 Å². The van der Waals surface area contributed by atoms with Gasteiger partial charge in [-0.3, -0.25) is 4.79 Å². The first-order valence-electron chi connectivity index (χ1n) is 10.5. The fraction of sp³-hybridized carbons (Fsp3) is 0.375. The van der Waals surface area contributed by atoms with Crippen LogP contribution >= 0.6 is 0 Å². The Morgan fingerprint density at radius 2 is 1.76 bits per heavy atom. The van der Waals surface area contributed by atoms with E-state index in [1.165, 1.54) is 11.8 Å². The summed E-state index contributed by atoms with van der Waals surface area (Å²) in [6.45, 7) is 7.09. The molecule has 2 aliphatic rings. The van der Waals surface area contributed by atoms with Gasteiger partial charge in [-0.05, 0) is 57.0 Å². The van der Waals surface area contributed by atoms with Crippen LogP contribution in [0.25, 0.3) is 5.70 Å². The largest absolute Gasteiger partial charge is 0.481 e. The number of likely N-dealkylation sites (N-methyl/N-ethyl adjacent to an activating group) is 1. The number of amides is 1. The second kappa shape index (κ2) is 7.46. The van der Waals surface area contributed by atoms with Crippen LogP contribution in [0.4, 0.5) is 22.0 Å². The number of ether oxygens (including phenoxy) is 1. The van der Waals surface area contributed by atoms with E-state index in [0.29, 0.717) is 17.8 Å². The van der Waals surface area contributed by atoms with Gasteiger partial charge in [0.25, 0.3) is 5.91 Å². The van der Waals surface area contributed by atoms with E-state index in [-0.39, 0.29) is 35.0 Å². The highest BCUT2D eigenvalue weighted by Crippen LogP contribution is 2.51. The van der Waals surface area contributed by atoms with Gasteiger partial charge in [0.1, 0.15) is 11.4 Å². The number of carbonyl (C=O) groups excluding carboxylic acids is 1. The number of nitrogens with zero attached hydrogens (tertiary/aromatic N) is 1. The summed E-state index contributed by atoms with van der Waals surface area (Å²) >= 11 is 0. The number of fused-ring (bicyclic) bond motifs is 2. The maximum Gasteiger partial charge on any atom is 0.458 e. The summed E-state index contributed by atoms with van der Waals surface area (Å²) in [5.74, 6) is -5.28. The zero-order chi connectivity index (χ0) is 24.3. The molecule has 0 unspecified atom stereocenters. The summed E-state index contributed by atoms with van der Waals surface area (Å²) in [5.41, 5.74) is -0.515. The van der Waals surface area contributed by atoms with E-state index in [0.717, 1.165) is 17.7 Å². The Balaban J connectivity index is 2.00. The molecular formula is C24H23F5N2O2. The van der Waals surface area contributed by atoms with Crippen LogP contribution in [0.5, 0.6) is 5.75 Å². The lowest BCUT2D eigenvalue weighted by Gasteiger charge is -2.40. The third-order valence-electron chi connectivity index (χ3n) is 6.01. The fourth-order valence-corrected chi connectivity index (χ4v) is 4.47. The van der Waals surface area contributed by atoms with E-state index in [1.807, 2.05) is 6.92 Å². The molecule has 4 nitrogen and oxygen atoms in total. The minimum absolute atomic E-state index is 0.0489. The quantitative estimate of drug-likeness (QED) is 0.583.